The van der Waals surface area contributed by atoms with Crippen LogP contribution in [0, 0.1) is 0 Å². The minimum Gasteiger partial charge on any atom is -0.491 e. The Balaban J connectivity index is 0.000000754. The second kappa shape index (κ2) is 14.4. The lowest BCUT2D eigenvalue weighted by Gasteiger charge is -2.10. The summed E-state index contributed by atoms with van der Waals surface area (Å²) in [6.45, 7) is 6.36. The summed E-state index contributed by atoms with van der Waals surface area (Å²) in [5, 5.41) is 18.0. The monoisotopic (exact) mass is 342 g/mol. The van der Waals surface area contributed by atoms with Crippen molar-refractivity contribution in [1.82, 2.24) is 5.32 Å². The van der Waals surface area contributed by atoms with E-state index in [0.717, 1.165) is 25.3 Å². The van der Waals surface area contributed by atoms with Gasteiger partial charge in [0.1, 0.15) is 12.4 Å². The van der Waals surface area contributed by atoms with Gasteiger partial charge >= 0.3 is 11.9 Å². The normalized spacial score (nSPS) is 9.75. The van der Waals surface area contributed by atoms with Gasteiger partial charge in [-0.15, -0.1) is 0 Å². The maximum absolute atomic E-state index is 9.10. The van der Waals surface area contributed by atoms with Crippen molar-refractivity contribution in [3.05, 3.63) is 29.8 Å². The molecule has 0 fully saturated rings. The average Bonchev–Trinajstić information content (AvgIpc) is 2.58. The zero-order valence-electron chi connectivity index (χ0n) is 13.9. The van der Waals surface area contributed by atoms with Crippen LogP contribution in [0.3, 0.4) is 0 Å². The minimum absolute atomic E-state index is 0.591. The van der Waals surface area contributed by atoms with E-state index in [1.165, 1.54) is 5.56 Å². The van der Waals surface area contributed by atoms with Gasteiger partial charge in [-0.05, 0) is 18.1 Å². The molecule has 24 heavy (non-hydrogen) atoms. The number of carboxylic acids is 2. The van der Waals surface area contributed by atoms with Crippen LogP contribution in [0.25, 0.3) is 0 Å². The lowest BCUT2D eigenvalue weighted by atomic mass is 10.1. The molecule has 136 valence electrons. The number of hydrogen-bond donors (Lipinski definition) is 4. The van der Waals surface area contributed by atoms with E-state index in [0.29, 0.717) is 26.4 Å². The molecule has 0 saturated carbocycles. The average molecular weight is 342 g/mol. The third kappa shape index (κ3) is 11.4. The van der Waals surface area contributed by atoms with Gasteiger partial charge in [-0.2, -0.15) is 0 Å². The highest BCUT2D eigenvalue weighted by Gasteiger charge is 2.04. The van der Waals surface area contributed by atoms with Gasteiger partial charge < -0.3 is 30.7 Å². The van der Waals surface area contributed by atoms with E-state index in [-0.39, 0.29) is 0 Å². The fourth-order valence-electron chi connectivity index (χ4n) is 1.62. The number of ether oxygens (including phenoxy) is 2. The second-order valence-electron chi connectivity index (χ2n) is 4.57. The van der Waals surface area contributed by atoms with Crippen LogP contribution in [0.4, 0.5) is 0 Å². The molecule has 0 aliphatic heterocycles. The third-order valence-electron chi connectivity index (χ3n) is 2.77. The van der Waals surface area contributed by atoms with Crippen LogP contribution in [-0.4, -0.2) is 61.6 Å². The van der Waals surface area contributed by atoms with E-state index in [4.69, 9.17) is 35.0 Å². The van der Waals surface area contributed by atoms with Crippen LogP contribution >= 0.6 is 0 Å². The van der Waals surface area contributed by atoms with Crippen molar-refractivity contribution >= 4 is 11.9 Å². The minimum atomic E-state index is -1.82. The second-order valence-corrected chi connectivity index (χ2v) is 4.57. The van der Waals surface area contributed by atoms with E-state index < -0.39 is 11.9 Å². The molecule has 0 aromatic heterocycles. The molecule has 0 bridgehead atoms. The molecule has 1 aromatic rings. The third-order valence-corrected chi connectivity index (χ3v) is 2.77. The number of benzene rings is 1. The Bertz CT molecular complexity index is 469. The molecule has 0 atom stereocenters. The Kier molecular flexibility index (Phi) is 13.1. The zero-order chi connectivity index (χ0) is 18.2. The maximum atomic E-state index is 9.10. The first-order valence-electron chi connectivity index (χ1n) is 7.68. The first-order valence-corrected chi connectivity index (χ1v) is 7.68. The zero-order valence-corrected chi connectivity index (χ0v) is 13.9. The number of para-hydroxylation sites is 1. The van der Waals surface area contributed by atoms with Crippen LogP contribution in [0.15, 0.2) is 24.3 Å². The van der Waals surface area contributed by atoms with Gasteiger partial charge in [0.05, 0.1) is 13.2 Å². The molecule has 0 aliphatic carbocycles. The predicted molar refractivity (Wildman–Crippen MR) is 89.3 cm³/mol. The number of nitrogens with two attached hydrogens (primary N) is 1. The van der Waals surface area contributed by atoms with Gasteiger partial charge in [0.15, 0.2) is 0 Å². The Labute approximate surface area is 141 Å². The highest BCUT2D eigenvalue weighted by molar-refractivity contribution is 6.27. The molecule has 1 aromatic carbocycles. The molecule has 0 unspecified atom stereocenters. The van der Waals surface area contributed by atoms with E-state index in [2.05, 4.69) is 18.3 Å². The van der Waals surface area contributed by atoms with E-state index in [1.54, 1.807) is 0 Å². The fraction of sp³-hybridized carbons (Fsp3) is 0.500. The largest absolute Gasteiger partial charge is 0.491 e. The van der Waals surface area contributed by atoms with Crippen LogP contribution < -0.4 is 15.8 Å². The van der Waals surface area contributed by atoms with Gasteiger partial charge in [0, 0.05) is 19.6 Å². The van der Waals surface area contributed by atoms with Gasteiger partial charge in [-0.25, -0.2) is 9.59 Å². The van der Waals surface area contributed by atoms with Gasteiger partial charge in [0.2, 0.25) is 0 Å². The van der Waals surface area contributed by atoms with Crippen molar-refractivity contribution in [3.63, 3.8) is 0 Å². The SMILES string of the molecule is CCc1ccccc1OCCOCCNCCN.O=C(O)C(=O)O. The topological polar surface area (TPSA) is 131 Å². The van der Waals surface area contributed by atoms with Crippen molar-refractivity contribution < 1.29 is 29.3 Å². The molecule has 1 rings (SSSR count). The van der Waals surface area contributed by atoms with Crippen LogP contribution in [0.1, 0.15) is 12.5 Å². The molecule has 0 aliphatic rings. The molecular weight excluding hydrogens is 316 g/mol. The number of aliphatic carboxylic acids is 2. The maximum Gasteiger partial charge on any atom is 0.414 e. The summed E-state index contributed by atoms with van der Waals surface area (Å²) >= 11 is 0. The Hall–Kier alpha value is -2.16. The molecule has 0 heterocycles. The van der Waals surface area contributed by atoms with Crippen LogP contribution in [0.2, 0.25) is 0 Å². The fourth-order valence-corrected chi connectivity index (χ4v) is 1.62. The standard InChI is InChI=1S/C14H24N2O2.C2H2O4/c1-2-13-5-3-4-6-14(13)18-12-11-17-10-9-16-8-7-15;3-1(4)2(5)6/h3-6,16H,2,7-12,15H2,1H3;(H,3,4)(H,5,6). The number of carboxylic acid groups (broad SMARTS) is 2. The van der Waals surface area contributed by atoms with Crippen molar-refractivity contribution in [1.29, 1.82) is 0 Å². The van der Waals surface area contributed by atoms with Gasteiger partial charge in [-0.1, -0.05) is 25.1 Å². The van der Waals surface area contributed by atoms with Crippen molar-refractivity contribution in [2.24, 2.45) is 5.73 Å². The first-order chi connectivity index (χ1) is 11.5. The quantitative estimate of drug-likeness (QED) is 0.354. The van der Waals surface area contributed by atoms with Crippen molar-refractivity contribution in [2.45, 2.75) is 13.3 Å². The summed E-state index contributed by atoms with van der Waals surface area (Å²) in [5.41, 5.74) is 6.60. The highest BCUT2D eigenvalue weighted by Crippen LogP contribution is 2.17. The lowest BCUT2D eigenvalue weighted by Crippen LogP contribution is -2.26. The number of hydrogen-bond acceptors (Lipinski definition) is 6. The number of rotatable bonds is 10. The number of aryl methyl sites for hydroxylation is 1. The smallest absolute Gasteiger partial charge is 0.414 e. The Morgan fingerprint density at radius 1 is 1.08 bits per heavy atom. The van der Waals surface area contributed by atoms with E-state index in [9.17, 15) is 0 Å². The molecule has 0 saturated heterocycles. The van der Waals surface area contributed by atoms with Crippen molar-refractivity contribution in [2.75, 3.05) is 39.5 Å². The Morgan fingerprint density at radius 2 is 1.75 bits per heavy atom. The molecule has 8 heteroatoms. The first kappa shape index (κ1) is 21.8. The van der Waals surface area contributed by atoms with E-state index >= 15 is 0 Å². The van der Waals surface area contributed by atoms with Gasteiger partial charge in [0.25, 0.3) is 0 Å². The highest BCUT2D eigenvalue weighted by atomic mass is 16.5. The predicted octanol–water partition coefficient (Wildman–Crippen LogP) is 0.348. The molecule has 5 N–H and O–H groups in total. The summed E-state index contributed by atoms with van der Waals surface area (Å²) in [6.07, 6.45) is 0.986. The number of nitrogens with one attached hydrogen (secondary N) is 1. The summed E-state index contributed by atoms with van der Waals surface area (Å²) < 4.78 is 11.1. The summed E-state index contributed by atoms with van der Waals surface area (Å²) in [5.74, 6) is -2.69. The molecule has 8 nitrogen and oxygen atoms in total. The number of carbonyl (C=O) groups is 2. The molecule has 0 amide bonds. The van der Waals surface area contributed by atoms with Gasteiger partial charge in [-0.3, -0.25) is 0 Å². The Morgan fingerprint density at radius 3 is 2.33 bits per heavy atom. The summed E-state index contributed by atoms with van der Waals surface area (Å²) in [4.78, 5) is 18.2. The van der Waals surface area contributed by atoms with Crippen LogP contribution in [0.5, 0.6) is 5.75 Å². The molecule has 0 radical (unpaired) electrons. The molecular formula is C16H26N2O6. The van der Waals surface area contributed by atoms with Crippen LogP contribution in [-0.2, 0) is 20.7 Å². The molecule has 0 spiro atoms. The summed E-state index contributed by atoms with van der Waals surface area (Å²) in [6, 6.07) is 8.12. The summed E-state index contributed by atoms with van der Waals surface area (Å²) in [7, 11) is 0. The van der Waals surface area contributed by atoms with E-state index in [1.807, 2.05) is 18.2 Å². The van der Waals surface area contributed by atoms with Crippen molar-refractivity contribution in [3.8, 4) is 5.75 Å². The lowest BCUT2D eigenvalue weighted by molar-refractivity contribution is -0.159.